The lowest BCUT2D eigenvalue weighted by Gasteiger charge is -2.08. The number of hydrogen-bond acceptors (Lipinski definition) is 0. The molecular weight excluding hydrogens is 227 g/mol. The van der Waals surface area contributed by atoms with E-state index in [1.54, 1.807) is 6.07 Å². The first-order valence-electron chi connectivity index (χ1n) is 4.70. The molecule has 0 saturated carbocycles. The van der Waals surface area contributed by atoms with E-state index in [4.69, 9.17) is 23.2 Å². The molecule has 0 unspecified atom stereocenters. The molecule has 15 heavy (non-hydrogen) atoms. The topological polar surface area (TPSA) is 0 Å². The van der Waals surface area contributed by atoms with Gasteiger partial charge in [-0.2, -0.15) is 0 Å². The summed E-state index contributed by atoms with van der Waals surface area (Å²) in [5.74, 6) is 0. The Hall–Kier alpha value is -0.980. The molecule has 0 nitrogen and oxygen atoms in total. The van der Waals surface area contributed by atoms with Crippen molar-refractivity contribution in [3.05, 3.63) is 58.1 Å². The molecule has 0 aromatic heterocycles. The summed E-state index contributed by atoms with van der Waals surface area (Å²) in [7, 11) is 0. The molecule has 76 valence electrons. The minimum atomic E-state index is 0.595. The summed E-state index contributed by atoms with van der Waals surface area (Å²) >= 11 is 12.2. The maximum atomic E-state index is 6.17. The summed E-state index contributed by atoms with van der Waals surface area (Å²) in [6.45, 7) is 2.06. The van der Waals surface area contributed by atoms with Crippen LogP contribution in [0.4, 0.5) is 0 Å². The minimum Gasteiger partial charge on any atom is -0.0827 e. The van der Waals surface area contributed by atoms with Crippen molar-refractivity contribution >= 4 is 23.2 Å². The standard InChI is InChI=1S/C13H10Cl2/c1-9-5-2-3-6-10(9)11-7-4-8-12(14)13(11)15/h2-8H,1H3. The Morgan fingerprint density at radius 3 is 2.20 bits per heavy atom. The highest BCUT2D eigenvalue weighted by atomic mass is 35.5. The second-order valence-corrected chi connectivity index (χ2v) is 4.20. The average molecular weight is 237 g/mol. The molecule has 2 rings (SSSR count). The van der Waals surface area contributed by atoms with Crippen LogP contribution in [0.3, 0.4) is 0 Å². The van der Waals surface area contributed by atoms with E-state index in [0.29, 0.717) is 10.0 Å². The summed E-state index contributed by atoms with van der Waals surface area (Å²) in [5.41, 5.74) is 3.31. The van der Waals surface area contributed by atoms with Crippen molar-refractivity contribution in [1.29, 1.82) is 0 Å². The molecule has 0 amide bonds. The molecule has 0 aliphatic carbocycles. The van der Waals surface area contributed by atoms with Crippen molar-refractivity contribution < 1.29 is 0 Å². The van der Waals surface area contributed by atoms with Crippen molar-refractivity contribution in [3.63, 3.8) is 0 Å². The molecule has 0 atom stereocenters. The quantitative estimate of drug-likeness (QED) is 0.656. The highest BCUT2D eigenvalue weighted by Crippen LogP contribution is 2.34. The lowest BCUT2D eigenvalue weighted by atomic mass is 10.0. The zero-order valence-electron chi connectivity index (χ0n) is 8.30. The first kappa shape index (κ1) is 10.5. The molecule has 0 N–H and O–H groups in total. The number of aryl methyl sites for hydroxylation is 1. The van der Waals surface area contributed by atoms with Crippen LogP contribution >= 0.6 is 23.2 Å². The summed E-state index contributed by atoms with van der Waals surface area (Å²) in [6, 6.07) is 13.8. The van der Waals surface area contributed by atoms with Gasteiger partial charge in [0.25, 0.3) is 0 Å². The van der Waals surface area contributed by atoms with Crippen molar-refractivity contribution in [2.45, 2.75) is 6.92 Å². The van der Waals surface area contributed by atoms with Crippen molar-refractivity contribution in [2.75, 3.05) is 0 Å². The maximum Gasteiger partial charge on any atom is 0.0670 e. The predicted octanol–water partition coefficient (Wildman–Crippen LogP) is 4.97. The van der Waals surface area contributed by atoms with Crippen LogP contribution < -0.4 is 0 Å². The van der Waals surface area contributed by atoms with E-state index in [2.05, 4.69) is 13.0 Å². The molecule has 0 fully saturated rings. The summed E-state index contributed by atoms with van der Waals surface area (Å²) < 4.78 is 0. The molecule has 0 aliphatic rings. The van der Waals surface area contributed by atoms with Gasteiger partial charge in [-0.05, 0) is 24.1 Å². The van der Waals surface area contributed by atoms with Crippen molar-refractivity contribution in [1.82, 2.24) is 0 Å². The van der Waals surface area contributed by atoms with E-state index in [0.717, 1.165) is 11.1 Å². The Morgan fingerprint density at radius 2 is 1.47 bits per heavy atom. The Morgan fingerprint density at radius 1 is 0.800 bits per heavy atom. The molecule has 0 radical (unpaired) electrons. The van der Waals surface area contributed by atoms with Crippen LogP contribution in [0.5, 0.6) is 0 Å². The first-order valence-corrected chi connectivity index (χ1v) is 5.46. The highest BCUT2D eigenvalue weighted by molar-refractivity contribution is 6.43. The minimum absolute atomic E-state index is 0.595. The molecular formula is C13H10Cl2. The molecule has 2 aromatic rings. The molecule has 0 aliphatic heterocycles. The van der Waals surface area contributed by atoms with E-state index in [1.165, 1.54) is 5.56 Å². The van der Waals surface area contributed by atoms with Crippen LogP contribution in [-0.4, -0.2) is 0 Å². The monoisotopic (exact) mass is 236 g/mol. The fourth-order valence-corrected chi connectivity index (χ4v) is 1.99. The van der Waals surface area contributed by atoms with Crippen LogP contribution in [0.2, 0.25) is 10.0 Å². The molecule has 2 heteroatoms. The molecule has 0 spiro atoms. The molecule has 0 saturated heterocycles. The second-order valence-electron chi connectivity index (χ2n) is 3.42. The number of rotatable bonds is 1. The summed E-state index contributed by atoms with van der Waals surface area (Å²) in [4.78, 5) is 0. The fourth-order valence-electron chi connectivity index (χ4n) is 1.59. The predicted molar refractivity (Wildman–Crippen MR) is 66.6 cm³/mol. The van der Waals surface area contributed by atoms with Gasteiger partial charge in [0.2, 0.25) is 0 Å². The van der Waals surface area contributed by atoms with Crippen LogP contribution in [0.1, 0.15) is 5.56 Å². The second kappa shape index (κ2) is 4.26. The number of benzene rings is 2. The van der Waals surface area contributed by atoms with Gasteiger partial charge in [0.05, 0.1) is 10.0 Å². The third kappa shape index (κ3) is 2.01. The van der Waals surface area contributed by atoms with Crippen LogP contribution in [0, 0.1) is 6.92 Å². The van der Waals surface area contributed by atoms with Crippen LogP contribution in [0.25, 0.3) is 11.1 Å². The normalized spacial score (nSPS) is 10.3. The van der Waals surface area contributed by atoms with Gasteiger partial charge in [-0.15, -0.1) is 0 Å². The van der Waals surface area contributed by atoms with Gasteiger partial charge in [0.15, 0.2) is 0 Å². The van der Waals surface area contributed by atoms with E-state index in [9.17, 15) is 0 Å². The fraction of sp³-hybridized carbons (Fsp3) is 0.0769. The smallest absolute Gasteiger partial charge is 0.0670 e. The molecule has 0 heterocycles. The maximum absolute atomic E-state index is 6.17. The number of hydrogen-bond donors (Lipinski definition) is 0. The van der Waals surface area contributed by atoms with Gasteiger partial charge >= 0.3 is 0 Å². The SMILES string of the molecule is Cc1ccccc1-c1cccc(Cl)c1Cl. The van der Waals surface area contributed by atoms with Gasteiger partial charge in [-0.1, -0.05) is 59.6 Å². The van der Waals surface area contributed by atoms with Crippen LogP contribution in [0.15, 0.2) is 42.5 Å². The van der Waals surface area contributed by atoms with Crippen molar-refractivity contribution in [3.8, 4) is 11.1 Å². The summed E-state index contributed by atoms with van der Waals surface area (Å²) in [5, 5.41) is 1.21. The molecule has 0 bridgehead atoms. The van der Waals surface area contributed by atoms with E-state index >= 15 is 0 Å². The van der Waals surface area contributed by atoms with E-state index in [1.807, 2.05) is 30.3 Å². The van der Waals surface area contributed by atoms with Gasteiger partial charge in [0.1, 0.15) is 0 Å². The largest absolute Gasteiger partial charge is 0.0827 e. The third-order valence-electron chi connectivity index (χ3n) is 2.39. The van der Waals surface area contributed by atoms with Gasteiger partial charge in [-0.3, -0.25) is 0 Å². The Kier molecular flexibility index (Phi) is 2.99. The lowest BCUT2D eigenvalue weighted by molar-refractivity contribution is 1.46. The zero-order valence-corrected chi connectivity index (χ0v) is 9.81. The zero-order chi connectivity index (χ0) is 10.8. The van der Waals surface area contributed by atoms with E-state index < -0.39 is 0 Å². The van der Waals surface area contributed by atoms with Gasteiger partial charge in [-0.25, -0.2) is 0 Å². The first-order chi connectivity index (χ1) is 7.20. The Bertz CT molecular complexity index is 490. The number of halogens is 2. The third-order valence-corrected chi connectivity index (χ3v) is 3.21. The lowest BCUT2D eigenvalue weighted by Crippen LogP contribution is -1.84. The van der Waals surface area contributed by atoms with Gasteiger partial charge < -0.3 is 0 Å². The Labute approximate surface area is 99.5 Å². The van der Waals surface area contributed by atoms with Gasteiger partial charge in [0, 0.05) is 5.56 Å². The summed E-state index contributed by atoms with van der Waals surface area (Å²) in [6.07, 6.45) is 0. The van der Waals surface area contributed by atoms with E-state index in [-0.39, 0.29) is 0 Å². The van der Waals surface area contributed by atoms with Crippen LogP contribution in [-0.2, 0) is 0 Å². The highest BCUT2D eigenvalue weighted by Gasteiger charge is 2.07. The molecule has 2 aromatic carbocycles. The average Bonchev–Trinajstić information content (AvgIpc) is 2.23. The van der Waals surface area contributed by atoms with Crippen molar-refractivity contribution in [2.24, 2.45) is 0 Å². The Balaban J connectivity index is 2.65.